The molecule has 1 aliphatic rings. The van der Waals surface area contributed by atoms with Crippen molar-refractivity contribution < 1.29 is 39.5 Å². The molecule has 51 heavy (non-hydrogen) atoms. The van der Waals surface area contributed by atoms with Crippen LogP contribution in [-0.2, 0) is 0 Å². The molecule has 2 aromatic heterocycles. The minimum Gasteiger partial charge on any atom is -0.493 e. The molecule has 12 heteroatoms. The summed E-state index contributed by atoms with van der Waals surface area (Å²) in [5.41, 5.74) is 1.78. The van der Waals surface area contributed by atoms with Crippen LogP contribution in [0.2, 0.25) is 5.15 Å². The number of carboxylic acids is 2. The Labute approximate surface area is 303 Å². The Morgan fingerprint density at radius 1 is 0.843 bits per heavy atom. The standard InChI is InChI=1S/C23H29FN2O3.C16H15ClFNO3.H2/c1-14(2)13-29-18-9-16(8-17(24)10-18)20-7-6-19(22(27)28)21(25-20)26-12-15(3)11-23(26,4)5;1-9(2)8-22-12-6-10(5-11(18)7-12)14-4-3-13(16(20)21)15(17)19-14;/h6-10,14-15H,11-13H2,1-5H3,(H,27,28);3-7,9H,8H2,1-2H3,(H,20,21);1H/t15-;;/m0../s1. The van der Waals surface area contributed by atoms with Crippen molar-refractivity contribution in [1.29, 1.82) is 0 Å². The van der Waals surface area contributed by atoms with Gasteiger partial charge in [-0.2, -0.15) is 0 Å². The van der Waals surface area contributed by atoms with Crippen LogP contribution in [0, 0.1) is 29.4 Å². The van der Waals surface area contributed by atoms with Crippen molar-refractivity contribution in [3.05, 3.63) is 88.6 Å². The molecule has 0 spiro atoms. The molecule has 274 valence electrons. The van der Waals surface area contributed by atoms with Crippen LogP contribution in [0.5, 0.6) is 11.5 Å². The topological polar surface area (TPSA) is 122 Å². The van der Waals surface area contributed by atoms with E-state index in [4.69, 9.17) is 26.2 Å². The maximum Gasteiger partial charge on any atom is 0.339 e. The number of ether oxygens (including phenoxy) is 2. The molecule has 0 saturated carbocycles. The highest BCUT2D eigenvalue weighted by Gasteiger charge is 2.39. The first kappa shape index (κ1) is 39.0. The summed E-state index contributed by atoms with van der Waals surface area (Å²) >= 11 is 5.84. The number of benzene rings is 2. The van der Waals surface area contributed by atoms with Crippen molar-refractivity contribution in [3.63, 3.8) is 0 Å². The van der Waals surface area contributed by atoms with E-state index in [0.29, 0.717) is 70.8 Å². The van der Waals surface area contributed by atoms with Gasteiger partial charge in [0, 0.05) is 36.8 Å². The van der Waals surface area contributed by atoms with Gasteiger partial charge in [-0.1, -0.05) is 46.2 Å². The number of nitrogens with zero attached hydrogens (tertiary/aromatic N) is 3. The second kappa shape index (κ2) is 16.5. The van der Waals surface area contributed by atoms with Crippen LogP contribution >= 0.6 is 11.6 Å². The molecule has 1 saturated heterocycles. The quantitative estimate of drug-likeness (QED) is 0.146. The summed E-state index contributed by atoms with van der Waals surface area (Å²) < 4.78 is 39.1. The normalized spacial score (nSPS) is 15.1. The van der Waals surface area contributed by atoms with E-state index in [9.17, 15) is 23.5 Å². The fraction of sp³-hybridized carbons (Fsp3) is 0.385. The Morgan fingerprint density at radius 3 is 1.73 bits per heavy atom. The Kier molecular flexibility index (Phi) is 12.6. The van der Waals surface area contributed by atoms with E-state index >= 15 is 0 Å². The number of hydrogen-bond donors (Lipinski definition) is 2. The first-order valence-electron chi connectivity index (χ1n) is 16.7. The average Bonchev–Trinajstić information content (AvgIpc) is 3.33. The summed E-state index contributed by atoms with van der Waals surface area (Å²) in [5, 5.41) is 18.5. The highest BCUT2D eigenvalue weighted by Crippen LogP contribution is 2.38. The van der Waals surface area contributed by atoms with Crippen molar-refractivity contribution in [2.24, 2.45) is 17.8 Å². The number of aromatic nitrogens is 2. The highest BCUT2D eigenvalue weighted by molar-refractivity contribution is 6.32. The lowest BCUT2D eigenvalue weighted by molar-refractivity contribution is 0.0686. The maximum absolute atomic E-state index is 14.2. The zero-order valence-electron chi connectivity index (χ0n) is 29.8. The van der Waals surface area contributed by atoms with Gasteiger partial charge in [0.15, 0.2) is 0 Å². The number of rotatable bonds is 11. The molecule has 0 amide bonds. The molecule has 3 heterocycles. The summed E-state index contributed by atoms with van der Waals surface area (Å²) in [5.74, 6) is -0.730. The Hall–Kier alpha value is -4.77. The maximum atomic E-state index is 14.2. The summed E-state index contributed by atoms with van der Waals surface area (Å²) in [6, 6.07) is 14.7. The van der Waals surface area contributed by atoms with E-state index in [1.807, 2.05) is 27.7 Å². The lowest BCUT2D eigenvalue weighted by Gasteiger charge is -2.33. The van der Waals surface area contributed by atoms with Crippen molar-refractivity contribution >= 4 is 29.4 Å². The average molecular weight is 726 g/mol. The summed E-state index contributed by atoms with van der Waals surface area (Å²) in [6.07, 6.45) is 0.950. The van der Waals surface area contributed by atoms with Crippen LogP contribution in [0.4, 0.5) is 14.6 Å². The molecule has 0 aliphatic carbocycles. The lowest BCUT2D eigenvalue weighted by Crippen LogP contribution is -2.39. The molecule has 1 aliphatic heterocycles. The molecule has 0 bridgehead atoms. The molecular weight excluding hydrogens is 680 g/mol. The third-order valence-corrected chi connectivity index (χ3v) is 8.30. The van der Waals surface area contributed by atoms with Gasteiger partial charge in [0.2, 0.25) is 0 Å². The SMILES string of the molecule is CC(C)COc1cc(F)cc(-c2ccc(C(=O)O)c(Cl)n2)c1.CC(C)COc1cc(F)cc(-c2ccc(C(=O)O)c(N3C[C@@H](C)CC3(C)C)n2)c1.[HH]. The molecular formula is C39H46ClF2N3O6. The Morgan fingerprint density at radius 2 is 1.31 bits per heavy atom. The van der Waals surface area contributed by atoms with Crippen LogP contribution in [0.15, 0.2) is 60.7 Å². The number of hydrogen-bond acceptors (Lipinski definition) is 7. The molecule has 4 aromatic rings. The van der Waals surface area contributed by atoms with Crippen molar-refractivity contribution in [1.82, 2.24) is 9.97 Å². The predicted octanol–water partition coefficient (Wildman–Crippen LogP) is 9.77. The fourth-order valence-corrected chi connectivity index (χ4v) is 6.04. The van der Waals surface area contributed by atoms with Gasteiger partial charge in [-0.15, -0.1) is 0 Å². The number of anilines is 1. The first-order valence-corrected chi connectivity index (χ1v) is 17.1. The molecule has 2 N–H and O–H groups in total. The molecule has 2 aromatic carbocycles. The van der Waals surface area contributed by atoms with Crippen LogP contribution < -0.4 is 14.4 Å². The van der Waals surface area contributed by atoms with Gasteiger partial charge in [-0.05, 0) is 86.6 Å². The van der Waals surface area contributed by atoms with Gasteiger partial charge < -0.3 is 24.6 Å². The second-order valence-electron chi connectivity index (χ2n) is 14.2. The van der Waals surface area contributed by atoms with Gasteiger partial charge in [0.1, 0.15) is 39.7 Å². The molecule has 1 atom stereocenters. The van der Waals surface area contributed by atoms with E-state index in [1.165, 1.54) is 36.4 Å². The van der Waals surface area contributed by atoms with E-state index in [-0.39, 0.29) is 23.2 Å². The van der Waals surface area contributed by atoms with Gasteiger partial charge >= 0.3 is 11.9 Å². The predicted molar refractivity (Wildman–Crippen MR) is 196 cm³/mol. The van der Waals surface area contributed by atoms with Crippen LogP contribution in [0.3, 0.4) is 0 Å². The van der Waals surface area contributed by atoms with E-state index < -0.39 is 23.6 Å². The number of carboxylic acid groups (broad SMARTS) is 2. The smallest absolute Gasteiger partial charge is 0.339 e. The zero-order chi connectivity index (χ0) is 37.6. The zero-order valence-corrected chi connectivity index (χ0v) is 30.6. The molecule has 1 fully saturated rings. The number of halogens is 3. The first-order chi connectivity index (χ1) is 23.9. The largest absolute Gasteiger partial charge is 0.493 e. The highest BCUT2D eigenvalue weighted by atomic mass is 35.5. The van der Waals surface area contributed by atoms with E-state index in [0.717, 1.165) is 13.0 Å². The third kappa shape index (κ3) is 10.4. The van der Waals surface area contributed by atoms with Crippen LogP contribution in [0.1, 0.15) is 77.0 Å². The Bertz CT molecular complexity index is 1890. The number of carbonyl (C=O) groups is 2. The minimum absolute atomic E-state index is 0. The van der Waals surface area contributed by atoms with Gasteiger partial charge in [0.25, 0.3) is 0 Å². The third-order valence-electron chi connectivity index (χ3n) is 8.01. The number of aromatic carboxylic acids is 2. The summed E-state index contributed by atoms with van der Waals surface area (Å²) in [6.45, 7) is 16.1. The second-order valence-corrected chi connectivity index (χ2v) is 14.6. The lowest BCUT2D eigenvalue weighted by atomic mass is 9.97. The summed E-state index contributed by atoms with van der Waals surface area (Å²) in [7, 11) is 0. The monoisotopic (exact) mass is 725 g/mol. The van der Waals surface area contributed by atoms with Gasteiger partial charge in [0.05, 0.1) is 30.2 Å². The fourth-order valence-electron chi connectivity index (χ4n) is 5.81. The number of pyridine rings is 2. The molecule has 5 rings (SSSR count). The van der Waals surface area contributed by atoms with Gasteiger partial charge in [-0.25, -0.2) is 28.3 Å². The van der Waals surface area contributed by atoms with Crippen LogP contribution in [-0.4, -0.2) is 57.4 Å². The van der Waals surface area contributed by atoms with Crippen molar-refractivity contribution in [2.45, 2.75) is 60.4 Å². The van der Waals surface area contributed by atoms with Crippen molar-refractivity contribution in [2.75, 3.05) is 24.7 Å². The Balaban J connectivity index is 0.000000285. The van der Waals surface area contributed by atoms with E-state index in [1.54, 1.807) is 24.3 Å². The molecule has 0 unspecified atom stereocenters. The molecule has 0 radical (unpaired) electrons. The van der Waals surface area contributed by atoms with Crippen LogP contribution in [0.25, 0.3) is 22.5 Å². The van der Waals surface area contributed by atoms with Crippen molar-refractivity contribution in [3.8, 4) is 34.0 Å². The summed E-state index contributed by atoms with van der Waals surface area (Å²) in [4.78, 5) is 33.5. The molecule has 9 nitrogen and oxygen atoms in total. The minimum atomic E-state index is -1.16. The van der Waals surface area contributed by atoms with Gasteiger partial charge in [-0.3, -0.25) is 0 Å². The van der Waals surface area contributed by atoms with E-state index in [2.05, 4.69) is 35.6 Å².